The van der Waals surface area contributed by atoms with Gasteiger partial charge in [0.2, 0.25) is 0 Å². The Balaban J connectivity index is 2.30. The number of aromatic nitrogens is 1. The molecule has 4 heteroatoms. The van der Waals surface area contributed by atoms with Crippen LogP contribution in [0.3, 0.4) is 0 Å². The van der Waals surface area contributed by atoms with E-state index in [4.69, 9.17) is 0 Å². The van der Waals surface area contributed by atoms with Crippen molar-refractivity contribution in [2.24, 2.45) is 0 Å². The maximum atomic E-state index is 3.39. The second-order valence-electron chi connectivity index (χ2n) is 3.25. The van der Waals surface area contributed by atoms with E-state index < -0.39 is 0 Å². The molecule has 74 valence electrons. The van der Waals surface area contributed by atoms with Gasteiger partial charge < -0.3 is 0 Å². The van der Waals surface area contributed by atoms with Gasteiger partial charge in [-0.1, -0.05) is 0 Å². The van der Waals surface area contributed by atoms with Crippen molar-refractivity contribution in [3.63, 3.8) is 0 Å². The summed E-state index contributed by atoms with van der Waals surface area (Å²) < 4.78 is 3.14. The summed E-state index contributed by atoms with van der Waals surface area (Å²) in [5, 5.41) is 1.94. The van der Waals surface area contributed by atoms with E-state index in [-0.39, 0.29) is 0 Å². The fraction of sp³-hybridized carbons (Fsp3) is 0.200. The minimum atomic E-state index is 1.04. The molecule has 14 heavy (non-hydrogen) atoms. The molecule has 1 aromatic heterocycles. The van der Waals surface area contributed by atoms with Crippen molar-refractivity contribution >= 4 is 15.9 Å². The van der Waals surface area contributed by atoms with Gasteiger partial charge in [-0.2, -0.15) is 5.12 Å². The molecule has 1 aromatic rings. The van der Waals surface area contributed by atoms with Crippen LogP contribution in [0.25, 0.3) is 0 Å². The van der Waals surface area contributed by atoms with Crippen LogP contribution in [-0.4, -0.2) is 4.68 Å². The van der Waals surface area contributed by atoms with Crippen molar-refractivity contribution in [1.29, 1.82) is 0 Å². The van der Waals surface area contributed by atoms with E-state index in [1.807, 2.05) is 23.6 Å². The Morgan fingerprint density at radius 2 is 1.86 bits per heavy atom. The predicted molar refractivity (Wildman–Crippen MR) is 61.4 cm³/mol. The lowest BCUT2D eigenvalue weighted by atomic mass is 10.5. The van der Waals surface area contributed by atoms with Crippen molar-refractivity contribution < 1.29 is 0 Å². The summed E-state index contributed by atoms with van der Waals surface area (Å²) >= 11 is 3.39. The summed E-state index contributed by atoms with van der Waals surface area (Å²) in [6.45, 7) is 4.16. The maximum Gasteiger partial charge on any atom is 0.0468 e. The van der Waals surface area contributed by atoms with Crippen LogP contribution >= 0.6 is 15.9 Å². The molecule has 2 heterocycles. The molecule has 0 aromatic carbocycles. The monoisotopic (exact) mass is 253 g/mol. The second-order valence-corrected chi connectivity index (χ2v) is 4.16. The van der Waals surface area contributed by atoms with Gasteiger partial charge in [0.1, 0.15) is 0 Å². The summed E-state index contributed by atoms with van der Waals surface area (Å²) in [7, 11) is 0. The van der Waals surface area contributed by atoms with E-state index in [1.165, 1.54) is 11.4 Å². The van der Waals surface area contributed by atoms with E-state index in [2.05, 4.69) is 52.0 Å². The van der Waals surface area contributed by atoms with Crippen LogP contribution in [0.4, 0.5) is 0 Å². The Bertz CT molecular complexity index is 384. The maximum absolute atomic E-state index is 3.39. The summed E-state index contributed by atoms with van der Waals surface area (Å²) in [6, 6.07) is 4.19. The van der Waals surface area contributed by atoms with Gasteiger partial charge in [0.15, 0.2) is 0 Å². The molecule has 2 rings (SSSR count). The molecular formula is C10H12BrN3. The van der Waals surface area contributed by atoms with Crippen molar-refractivity contribution in [3.8, 4) is 0 Å². The number of nitrogens with one attached hydrogen (secondary N) is 1. The Hall–Kier alpha value is -1.16. The molecule has 1 N–H and O–H groups in total. The van der Waals surface area contributed by atoms with E-state index >= 15 is 0 Å². The SMILES string of the molecule is Cc1ccc(C)n1N1C=CC(Br)=CN1. The first-order valence-corrected chi connectivity index (χ1v) is 5.22. The highest BCUT2D eigenvalue weighted by Crippen LogP contribution is 2.12. The molecule has 0 radical (unpaired) electrons. The van der Waals surface area contributed by atoms with Gasteiger partial charge in [-0.05, 0) is 48.0 Å². The van der Waals surface area contributed by atoms with Gasteiger partial charge in [-0.15, -0.1) is 0 Å². The Labute approximate surface area is 91.8 Å². The number of hydrazine groups is 1. The quantitative estimate of drug-likeness (QED) is 0.829. The number of aryl methyl sites for hydroxylation is 2. The lowest BCUT2D eigenvalue weighted by molar-refractivity contribution is 0.600. The summed E-state index contributed by atoms with van der Waals surface area (Å²) in [6.07, 6.45) is 5.87. The van der Waals surface area contributed by atoms with Gasteiger partial charge in [0, 0.05) is 28.3 Å². The smallest absolute Gasteiger partial charge is 0.0468 e. The van der Waals surface area contributed by atoms with Gasteiger partial charge in [0.25, 0.3) is 0 Å². The number of hydrogen-bond donors (Lipinski definition) is 1. The standard InChI is InChI=1S/C10H12BrN3/c1-8-3-4-9(2)14(8)13-6-5-10(11)7-12-13/h3-7,12H,1-2H3. The number of hydrogen-bond acceptors (Lipinski definition) is 2. The Morgan fingerprint density at radius 3 is 2.36 bits per heavy atom. The number of allylic oxidation sites excluding steroid dienone is 2. The highest BCUT2D eigenvalue weighted by atomic mass is 79.9. The van der Waals surface area contributed by atoms with Crippen molar-refractivity contribution in [2.45, 2.75) is 13.8 Å². The molecule has 0 saturated heterocycles. The first kappa shape index (κ1) is 9.40. The average Bonchev–Trinajstić information content (AvgIpc) is 2.49. The fourth-order valence-corrected chi connectivity index (χ4v) is 1.71. The minimum Gasteiger partial charge on any atom is -0.286 e. The van der Waals surface area contributed by atoms with Crippen LogP contribution < -0.4 is 10.5 Å². The van der Waals surface area contributed by atoms with Crippen LogP contribution in [0.15, 0.2) is 35.1 Å². The summed E-state index contributed by atoms with van der Waals surface area (Å²) in [5.41, 5.74) is 5.55. The van der Waals surface area contributed by atoms with Crippen molar-refractivity contribution in [1.82, 2.24) is 10.1 Å². The zero-order chi connectivity index (χ0) is 10.1. The first-order chi connectivity index (χ1) is 6.68. The summed E-state index contributed by atoms with van der Waals surface area (Å²) in [5.74, 6) is 0. The molecule has 0 atom stereocenters. The Kier molecular flexibility index (Phi) is 2.37. The van der Waals surface area contributed by atoms with E-state index in [1.54, 1.807) is 0 Å². The predicted octanol–water partition coefficient (Wildman–Crippen LogP) is 2.31. The molecule has 0 aliphatic carbocycles. The van der Waals surface area contributed by atoms with Crippen LogP contribution in [-0.2, 0) is 0 Å². The van der Waals surface area contributed by atoms with Crippen molar-refractivity contribution in [3.05, 3.63) is 46.5 Å². The lowest BCUT2D eigenvalue weighted by Crippen LogP contribution is -2.41. The number of nitrogens with zero attached hydrogens (tertiary/aromatic N) is 2. The molecule has 0 bridgehead atoms. The molecule has 0 spiro atoms. The third-order valence-electron chi connectivity index (χ3n) is 2.16. The molecule has 0 saturated carbocycles. The van der Waals surface area contributed by atoms with Crippen LogP contribution in [0.5, 0.6) is 0 Å². The normalized spacial score (nSPS) is 15.4. The van der Waals surface area contributed by atoms with Gasteiger partial charge >= 0.3 is 0 Å². The zero-order valence-electron chi connectivity index (χ0n) is 8.16. The van der Waals surface area contributed by atoms with E-state index in [9.17, 15) is 0 Å². The average molecular weight is 254 g/mol. The molecule has 0 unspecified atom stereocenters. The Morgan fingerprint density at radius 1 is 1.21 bits per heavy atom. The molecular weight excluding hydrogens is 242 g/mol. The number of halogens is 1. The third-order valence-corrected chi connectivity index (χ3v) is 2.65. The molecule has 0 fully saturated rings. The van der Waals surface area contributed by atoms with Crippen molar-refractivity contribution in [2.75, 3.05) is 5.12 Å². The van der Waals surface area contributed by atoms with Crippen LogP contribution in [0.1, 0.15) is 11.4 Å². The minimum absolute atomic E-state index is 1.04. The molecule has 3 nitrogen and oxygen atoms in total. The third kappa shape index (κ3) is 1.57. The first-order valence-electron chi connectivity index (χ1n) is 4.43. The fourth-order valence-electron chi connectivity index (χ4n) is 1.49. The highest BCUT2D eigenvalue weighted by molar-refractivity contribution is 9.11. The van der Waals surface area contributed by atoms with E-state index in [0.717, 1.165) is 4.48 Å². The number of rotatable bonds is 1. The van der Waals surface area contributed by atoms with Gasteiger partial charge in [-0.3, -0.25) is 5.43 Å². The van der Waals surface area contributed by atoms with Gasteiger partial charge in [-0.25, -0.2) is 4.68 Å². The highest BCUT2D eigenvalue weighted by Gasteiger charge is 2.08. The molecule has 1 aliphatic rings. The molecule has 0 amide bonds. The second kappa shape index (κ2) is 3.53. The van der Waals surface area contributed by atoms with Crippen LogP contribution in [0, 0.1) is 13.8 Å². The largest absolute Gasteiger partial charge is 0.286 e. The summed E-state index contributed by atoms with van der Waals surface area (Å²) in [4.78, 5) is 0. The van der Waals surface area contributed by atoms with E-state index in [0.29, 0.717) is 0 Å². The lowest BCUT2D eigenvalue weighted by Gasteiger charge is -2.26. The topological polar surface area (TPSA) is 20.2 Å². The zero-order valence-corrected chi connectivity index (χ0v) is 9.75. The van der Waals surface area contributed by atoms with Crippen LogP contribution in [0.2, 0.25) is 0 Å². The van der Waals surface area contributed by atoms with Gasteiger partial charge in [0.05, 0.1) is 0 Å². The molecule has 1 aliphatic heterocycles.